The fraction of sp³-hybridized carbons (Fsp3) is 0.424. The minimum Gasteiger partial charge on any atom is -0.497 e. The summed E-state index contributed by atoms with van der Waals surface area (Å²) < 4.78 is 12.7. The average molecular weight is 591 g/mol. The molecule has 1 aromatic heterocycles. The number of hydrogen-bond donors (Lipinski definition) is 2. The third-order valence-electron chi connectivity index (χ3n) is 8.72. The lowest BCUT2D eigenvalue weighted by Gasteiger charge is -2.25. The summed E-state index contributed by atoms with van der Waals surface area (Å²) in [5, 5.41) is 10.9. The van der Waals surface area contributed by atoms with E-state index in [0.29, 0.717) is 23.6 Å². The van der Waals surface area contributed by atoms with E-state index in [9.17, 15) is 14.7 Å². The highest BCUT2D eigenvalue weighted by Gasteiger charge is 2.31. The van der Waals surface area contributed by atoms with Gasteiger partial charge in [-0.1, -0.05) is 25.3 Å². The smallest absolute Gasteiger partial charge is 0.261 e. The van der Waals surface area contributed by atoms with Crippen LogP contribution in [0.4, 0.5) is 0 Å². The highest BCUT2D eigenvalue weighted by atomic mass is 32.2. The zero-order valence-corrected chi connectivity index (χ0v) is 26.1. The second-order valence-corrected chi connectivity index (χ2v) is 13.3. The number of carbonyl (C=O) groups excluding carboxylic acids is 2. The van der Waals surface area contributed by atoms with Gasteiger partial charge in [0.05, 0.1) is 32.0 Å². The van der Waals surface area contributed by atoms with E-state index in [1.165, 1.54) is 24.8 Å². The molecule has 9 heteroatoms. The van der Waals surface area contributed by atoms with Gasteiger partial charge in [-0.25, -0.2) is 4.31 Å². The molecule has 0 spiro atoms. The van der Waals surface area contributed by atoms with Crippen LogP contribution in [0.15, 0.2) is 42.0 Å². The Hall–Kier alpha value is -3.40. The molecule has 3 aromatic rings. The molecular weight excluding hydrogens is 548 g/mol. The van der Waals surface area contributed by atoms with E-state index in [2.05, 4.69) is 27.3 Å². The summed E-state index contributed by atoms with van der Waals surface area (Å²) in [5.74, 6) is 4.85. The fourth-order valence-corrected chi connectivity index (χ4v) is 6.63. The minimum absolute atomic E-state index is 0.122. The maximum Gasteiger partial charge on any atom is 0.261 e. The molecule has 2 aliphatic rings. The van der Waals surface area contributed by atoms with E-state index in [1.54, 1.807) is 19.1 Å². The van der Waals surface area contributed by atoms with Crippen LogP contribution >= 0.6 is 10.9 Å². The Bertz CT molecular complexity index is 1570. The van der Waals surface area contributed by atoms with Crippen LogP contribution in [-0.4, -0.2) is 77.5 Å². The third kappa shape index (κ3) is 5.65. The van der Waals surface area contributed by atoms with Gasteiger partial charge in [-0.05, 0) is 104 Å². The number of aromatic nitrogens is 1. The predicted molar refractivity (Wildman–Crippen MR) is 173 cm³/mol. The van der Waals surface area contributed by atoms with Gasteiger partial charge in [0.15, 0.2) is 0 Å². The lowest BCUT2D eigenvalue weighted by molar-refractivity contribution is -0.128. The Morgan fingerprint density at radius 2 is 1.88 bits per heavy atom. The van der Waals surface area contributed by atoms with Gasteiger partial charge in [-0.3, -0.25) is 14.3 Å². The van der Waals surface area contributed by atoms with E-state index in [1.807, 2.05) is 55.7 Å². The molecule has 2 amide bonds. The number of carbonyl (C=O) groups is 2. The highest BCUT2D eigenvalue weighted by molar-refractivity contribution is 8.10. The number of fused-ring (bicyclic) bond motifs is 5. The number of rotatable bonds is 8. The average Bonchev–Trinajstić information content (AvgIpc) is 3.22. The van der Waals surface area contributed by atoms with Crippen molar-refractivity contribution in [1.82, 2.24) is 18.5 Å². The SMILES string of the molecule is C=S(NC(=O)c1ccc2c(C3CCCCC3)c3n(c2c1)CC(C(=O)N(C)[C@H](C)CO)=Cc1cc(OC)ccc1-3)N(C)C. The number of ether oxygens (including phenoxy) is 1. The van der Waals surface area contributed by atoms with Crippen LogP contribution in [0.2, 0.25) is 0 Å². The van der Waals surface area contributed by atoms with Gasteiger partial charge in [0.1, 0.15) is 5.75 Å². The van der Waals surface area contributed by atoms with Crippen LogP contribution in [0.3, 0.4) is 0 Å². The predicted octanol–water partition coefficient (Wildman–Crippen LogP) is 5.42. The van der Waals surface area contributed by atoms with Crippen molar-refractivity contribution in [3.05, 3.63) is 58.7 Å². The summed E-state index contributed by atoms with van der Waals surface area (Å²) in [5.41, 5.74) is 6.48. The first-order chi connectivity index (χ1) is 20.1. The summed E-state index contributed by atoms with van der Waals surface area (Å²) in [6.07, 6.45) is 7.82. The Morgan fingerprint density at radius 1 is 1.14 bits per heavy atom. The molecule has 1 aliphatic carbocycles. The van der Waals surface area contributed by atoms with Gasteiger partial charge < -0.3 is 19.3 Å². The number of benzene rings is 2. The molecule has 2 aromatic carbocycles. The second-order valence-electron chi connectivity index (χ2n) is 11.6. The highest BCUT2D eigenvalue weighted by Crippen LogP contribution is 2.47. The van der Waals surface area contributed by atoms with Gasteiger partial charge in [-0.2, -0.15) is 0 Å². The molecule has 1 unspecified atom stereocenters. The van der Waals surface area contributed by atoms with Crippen LogP contribution in [0.1, 0.15) is 66.4 Å². The van der Waals surface area contributed by atoms with Crippen molar-refractivity contribution in [2.75, 3.05) is 34.9 Å². The van der Waals surface area contributed by atoms with Crippen molar-refractivity contribution in [1.29, 1.82) is 0 Å². The number of nitrogens with zero attached hydrogens (tertiary/aromatic N) is 3. The standard InChI is InChI=1S/C33H42N4O4S/c1-21(20-38)36(4)33(40)25-16-24-17-26(41-5)13-15-27(24)31-30(22-10-8-7-9-11-22)28-14-12-23(18-29(28)37(31)19-25)32(39)34-42(6)35(2)3/h12-18,21-22,38H,6-11,19-20H2,1-5H3,(H,34,39)/t21-,42?/m1/s1. The third-order valence-corrected chi connectivity index (χ3v) is 10.0. The lowest BCUT2D eigenvalue weighted by atomic mass is 9.81. The van der Waals surface area contributed by atoms with Crippen molar-refractivity contribution in [2.45, 2.75) is 57.5 Å². The van der Waals surface area contributed by atoms with E-state index < -0.39 is 10.9 Å². The van der Waals surface area contributed by atoms with Crippen molar-refractivity contribution in [3.63, 3.8) is 0 Å². The molecule has 42 heavy (non-hydrogen) atoms. The molecule has 8 nitrogen and oxygen atoms in total. The van der Waals surface area contributed by atoms with E-state index in [4.69, 9.17) is 4.74 Å². The van der Waals surface area contributed by atoms with Gasteiger partial charge in [0, 0.05) is 34.7 Å². The molecule has 0 saturated heterocycles. The maximum absolute atomic E-state index is 13.9. The van der Waals surface area contributed by atoms with E-state index >= 15 is 0 Å². The first-order valence-corrected chi connectivity index (χ1v) is 15.9. The first kappa shape index (κ1) is 30.1. The number of nitrogens with one attached hydrogen (secondary N) is 1. The van der Waals surface area contributed by atoms with Crippen molar-refractivity contribution < 1.29 is 19.4 Å². The molecule has 1 aliphatic heterocycles. The Morgan fingerprint density at radius 3 is 2.55 bits per heavy atom. The number of hydrogen-bond acceptors (Lipinski definition) is 5. The number of methoxy groups -OCH3 is 1. The molecule has 0 radical (unpaired) electrons. The summed E-state index contributed by atoms with van der Waals surface area (Å²) in [6.45, 7) is 2.06. The number of aliphatic hydroxyl groups excluding tert-OH is 1. The van der Waals surface area contributed by atoms with Crippen LogP contribution in [-0.2, 0) is 11.3 Å². The van der Waals surface area contributed by atoms with Gasteiger partial charge in [-0.15, -0.1) is 0 Å². The summed E-state index contributed by atoms with van der Waals surface area (Å²) >= 11 is 0. The zero-order chi connectivity index (χ0) is 30.1. The Kier molecular flexibility index (Phi) is 8.92. The topological polar surface area (TPSA) is 87.0 Å². The first-order valence-electron chi connectivity index (χ1n) is 14.6. The van der Waals surface area contributed by atoms with E-state index in [0.717, 1.165) is 46.3 Å². The molecule has 2 atom stereocenters. The van der Waals surface area contributed by atoms with Gasteiger partial charge in [0.2, 0.25) is 0 Å². The van der Waals surface area contributed by atoms with Crippen molar-refractivity contribution in [2.24, 2.45) is 0 Å². The second kappa shape index (κ2) is 12.5. The maximum atomic E-state index is 13.9. The van der Waals surface area contributed by atoms with Crippen molar-refractivity contribution in [3.8, 4) is 17.0 Å². The summed E-state index contributed by atoms with van der Waals surface area (Å²) in [7, 11) is 6.48. The normalized spacial score (nSPS) is 16.7. The molecule has 0 bridgehead atoms. The lowest BCUT2D eigenvalue weighted by Crippen LogP contribution is -2.38. The van der Waals surface area contributed by atoms with Crippen LogP contribution in [0.25, 0.3) is 28.2 Å². The van der Waals surface area contributed by atoms with Crippen LogP contribution in [0, 0.1) is 0 Å². The summed E-state index contributed by atoms with van der Waals surface area (Å²) in [4.78, 5) is 28.8. The van der Waals surface area contributed by atoms with Gasteiger partial charge >= 0.3 is 0 Å². The Balaban J connectivity index is 1.75. The molecule has 5 rings (SSSR count). The fourth-order valence-electron chi connectivity index (χ4n) is 6.12. The molecule has 224 valence electrons. The zero-order valence-electron chi connectivity index (χ0n) is 25.3. The largest absolute Gasteiger partial charge is 0.497 e. The van der Waals surface area contributed by atoms with Crippen LogP contribution < -0.4 is 9.46 Å². The summed E-state index contributed by atoms with van der Waals surface area (Å²) in [6, 6.07) is 11.7. The monoisotopic (exact) mass is 590 g/mol. The molecule has 1 fully saturated rings. The van der Waals surface area contributed by atoms with Gasteiger partial charge in [0.25, 0.3) is 11.8 Å². The molecule has 2 heterocycles. The molecular formula is C33H42N4O4S. The number of amides is 2. The Labute approximate surface area is 251 Å². The molecule has 2 N–H and O–H groups in total. The molecule has 1 saturated carbocycles. The quantitative estimate of drug-likeness (QED) is 0.342. The van der Waals surface area contributed by atoms with E-state index in [-0.39, 0.29) is 24.5 Å². The van der Waals surface area contributed by atoms with Crippen LogP contribution in [0.5, 0.6) is 5.75 Å². The van der Waals surface area contributed by atoms with Crippen molar-refractivity contribution >= 4 is 45.5 Å². The minimum atomic E-state index is -0.660. The number of aliphatic hydroxyl groups is 1. The number of likely N-dealkylation sites (N-methyl/N-ethyl adjacent to an activating group) is 1.